The molecule has 6 nitrogen and oxygen atoms in total. The molecule has 0 saturated heterocycles. The van der Waals surface area contributed by atoms with E-state index in [4.69, 9.17) is 9.47 Å². The molecule has 0 aliphatic rings. The van der Waals surface area contributed by atoms with Crippen molar-refractivity contribution in [3.63, 3.8) is 0 Å². The predicted molar refractivity (Wildman–Crippen MR) is 72.6 cm³/mol. The first-order valence-electron chi connectivity index (χ1n) is 5.43. The maximum atomic E-state index is 11.9. The smallest absolute Gasteiger partial charge is 0.267 e. The molecular formula is C12H12BrN3O3. The first-order valence-corrected chi connectivity index (χ1v) is 6.22. The van der Waals surface area contributed by atoms with E-state index in [1.807, 2.05) is 0 Å². The Morgan fingerprint density at radius 2 is 2.16 bits per heavy atom. The standard InChI is InChI=1S/C12H12BrN3O3/c1-18-10-3-4-15-9(11(10)19-2)6-16-7-14-5-8(13)12(16)17/h3-5,7H,6H2,1-2H3. The Balaban J connectivity index is 2.44. The highest BCUT2D eigenvalue weighted by molar-refractivity contribution is 9.10. The van der Waals surface area contributed by atoms with Crippen LogP contribution in [-0.4, -0.2) is 28.8 Å². The van der Waals surface area contributed by atoms with Gasteiger partial charge in [0.25, 0.3) is 5.56 Å². The minimum Gasteiger partial charge on any atom is -0.493 e. The van der Waals surface area contributed by atoms with Crippen molar-refractivity contribution >= 4 is 15.9 Å². The second-order valence-corrected chi connectivity index (χ2v) is 4.52. The first-order chi connectivity index (χ1) is 9.17. The Morgan fingerprint density at radius 3 is 2.84 bits per heavy atom. The summed E-state index contributed by atoms with van der Waals surface area (Å²) in [7, 11) is 3.08. The zero-order chi connectivity index (χ0) is 13.8. The van der Waals surface area contributed by atoms with Crippen molar-refractivity contribution in [1.82, 2.24) is 14.5 Å². The third kappa shape index (κ3) is 2.76. The van der Waals surface area contributed by atoms with Crippen LogP contribution < -0.4 is 15.0 Å². The van der Waals surface area contributed by atoms with E-state index in [1.165, 1.54) is 24.2 Å². The minimum absolute atomic E-state index is 0.179. The monoisotopic (exact) mass is 325 g/mol. The molecule has 2 aromatic heterocycles. The maximum absolute atomic E-state index is 11.9. The molecule has 0 atom stereocenters. The maximum Gasteiger partial charge on any atom is 0.267 e. The molecule has 0 amide bonds. The van der Waals surface area contributed by atoms with Gasteiger partial charge in [-0.15, -0.1) is 0 Å². The molecule has 100 valence electrons. The lowest BCUT2D eigenvalue weighted by Gasteiger charge is -2.12. The Hall–Kier alpha value is -1.89. The van der Waals surface area contributed by atoms with E-state index in [1.54, 1.807) is 19.4 Å². The molecule has 7 heteroatoms. The van der Waals surface area contributed by atoms with E-state index < -0.39 is 0 Å². The van der Waals surface area contributed by atoms with E-state index >= 15 is 0 Å². The van der Waals surface area contributed by atoms with Crippen LogP contribution in [-0.2, 0) is 6.54 Å². The van der Waals surface area contributed by atoms with Gasteiger partial charge < -0.3 is 9.47 Å². The molecule has 2 aromatic rings. The fourth-order valence-corrected chi connectivity index (χ4v) is 2.01. The number of methoxy groups -OCH3 is 2. The molecule has 0 bridgehead atoms. The third-order valence-corrected chi connectivity index (χ3v) is 3.09. The van der Waals surface area contributed by atoms with Crippen molar-refractivity contribution in [3.05, 3.63) is 45.3 Å². The Bertz CT molecular complexity index is 642. The number of pyridine rings is 1. The molecular weight excluding hydrogens is 314 g/mol. The average molecular weight is 326 g/mol. The van der Waals surface area contributed by atoms with Crippen molar-refractivity contribution in [3.8, 4) is 11.5 Å². The number of nitrogens with zero attached hydrogens (tertiary/aromatic N) is 3. The molecule has 0 N–H and O–H groups in total. The van der Waals surface area contributed by atoms with Crippen molar-refractivity contribution in [2.45, 2.75) is 6.54 Å². The normalized spacial score (nSPS) is 10.3. The molecule has 2 heterocycles. The van der Waals surface area contributed by atoms with Gasteiger partial charge >= 0.3 is 0 Å². The van der Waals surface area contributed by atoms with Crippen LogP contribution in [0, 0.1) is 0 Å². The van der Waals surface area contributed by atoms with Crippen LogP contribution >= 0.6 is 15.9 Å². The highest BCUT2D eigenvalue weighted by Crippen LogP contribution is 2.29. The lowest BCUT2D eigenvalue weighted by molar-refractivity contribution is 0.348. The van der Waals surface area contributed by atoms with Gasteiger partial charge in [0.05, 0.1) is 27.1 Å². The van der Waals surface area contributed by atoms with Crippen LogP contribution in [0.15, 0.2) is 34.1 Å². The molecule has 0 radical (unpaired) electrons. The lowest BCUT2D eigenvalue weighted by atomic mass is 10.3. The SMILES string of the molecule is COc1ccnc(Cn2cncc(Br)c2=O)c1OC. The van der Waals surface area contributed by atoms with Gasteiger partial charge in [0.2, 0.25) is 0 Å². The fourth-order valence-electron chi connectivity index (χ4n) is 1.66. The second-order valence-electron chi connectivity index (χ2n) is 3.67. The minimum atomic E-state index is -0.179. The average Bonchev–Trinajstić information content (AvgIpc) is 2.43. The van der Waals surface area contributed by atoms with E-state index in [2.05, 4.69) is 25.9 Å². The molecule has 0 saturated carbocycles. The van der Waals surface area contributed by atoms with E-state index in [-0.39, 0.29) is 12.1 Å². The highest BCUT2D eigenvalue weighted by atomic mass is 79.9. The summed E-state index contributed by atoms with van der Waals surface area (Å²) >= 11 is 3.15. The topological polar surface area (TPSA) is 66.2 Å². The Labute approximate surface area is 118 Å². The third-order valence-electron chi connectivity index (χ3n) is 2.55. The summed E-state index contributed by atoms with van der Waals surface area (Å²) < 4.78 is 12.3. The van der Waals surface area contributed by atoms with E-state index in [0.29, 0.717) is 21.7 Å². The number of hydrogen-bond acceptors (Lipinski definition) is 5. The second kappa shape index (κ2) is 5.83. The first kappa shape index (κ1) is 13.5. The van der Waals surface area contributed by atoms with Crippen molar-refractivity contribution < 1.29 is 9.47 Å². The molecule has 19 heavy (non-hydrogen) atoms. The van der Waals surface area contributed by atoms with Crippen LogP contribution in [0.3, 0.4) is 0 Å². The zero-order valence-electron chi connectivity index (χ0n) is 10.5. The van der Waals surface area contributed by atoms with Crippen molar-refractivity contribution in [2.75, 3.05) is 14.2 Å². The summed E-state index contributed by atoms with van der Waals surface area (Å²) in [6.07, 6.45) is 4.51. The molecule has 0 fully saturated rings. The molecule has 2 rings (SSSR count). The Morgan fingerprint density at radius 1 is 1.37 bits per heavy atom. The summed E-state index contributed by atoms with van der Waals surface area (Å²) in [6, 6.07) is 1.70. The van der Waals surface area contributed by atoms with Crippen LogP contribution in [0.25, 0.3) is 0 Å². The van der Waals surface area contributed by atoms with E-state index in [9.17, 15) is 4.79 Å². The number of halogens is 1. The number of ether oxygens (including phenoxy) is 2. The summed E-state index contributed by atoms with van der Waals surface area (Å²) in [5.74, 6) is 1.08. The molecule has 0 aliphatic heterocycles. The van der Waals surface area contributed by atoms with Crippen LogP contribution in [0.4, 0.5) is 0 Å². The number of rotatable bonds is 4. The number of aromatic nitrogens is 3. The molecule has 0 aromatic carbocycles. The summed E-state index contributed by atoms with van der Waals surface area (Å²) in [5, 5.41) is 0. The fraction of sp³-hybridized carbons (Fsp3) is 0.250. The van der Waals surface area contributed by atoms with Gasteiger partial charge in [-0.05, 0) is 15.9 Å². The van der Waals surface area contributed by atoms with Crippen LogP contribution in [0.1, 0.15) is 5.69 Å². The van der Waals surface area contributed by atoms with Gasteiger partial charge in [0.15, 0.2) is 11.5 Å². The van der Waals surface area contributed by atoms with Crippen LogP contribution in [0.5, 0.6) is 11.5 Å². The Kier molecular flexibility index (Phi) is 4.16. The van der Waals surface area contributed by atoms with Crippen molar-refractivity contribution in [2.24, 2.45) is 0 Å². The molecule has 0 spiro atoms. The number of hydrogen-bond donors (Lipinski definition) is 0. The van der Waals surface area contributed by atoms with Gasteiger partial charge in [-0.2, -0.15) is 0 Å². The molecule has 0 unspecified atom stereocenters. The predicted octanol–water partition coefficient (Wildman–Crippen LogP) is 1.47. The molecule has 0 aliphatic carbocycles. The highest BCUT2D eigenvalue weighted by Gasteiger charge is 2.12. The van der Waals surface area contributed by atoms with Gasteiger partial charge in [0, 0.05) is 18.5 Å². The quantitative estimate of drug-likeness (QED) is 0.851. The zero-order valence-corrected chi connectivity index (χ0v) is 12.0. The largest absolute Gasteiger partial charge is 0.493 e. The summed E-state index contributed by atoms with van der Waals surface area (Å²) in [6.45, 7) is 0.256. The van der Waals surface area contributed by atoms with E-state index in [0.717, 1.165) is 0 Å². The van der Waals surface area contributed by atoms with Gasteiger partial charge in [-0.25, -0.2) is 4.98 Å². The lowest BCUT2D eigenvalue weighted by Crippen LogP contribution is -2.22. The summed E-state index contributed by atoms with van der Waals surface area (Å²) in [5.41, 5.74) is 0.422. The summed E-state index contributed by atoms with van der Waals surface area (Å²) in [4.78, 5) is 20.1. The van der Waals surface area contributed by atoms with Gasteiger partial charge in [-0.1, -0.05) is 0 Å². The van der Waals surface area contributed by atoms with Crippen molar-refractivity contribution in [1.29, 1.82) is 0 Å². The van der Waals surface area contributed by atoms with Gasteiger partial charge in [0.1, 0.15) is 10.2 Å². The van der Waals surface area contributed by atoms with Gasteiger partial charge in [-0.3, -0.25) is 14.3 Å². The van der Waals surface area contributed by atoms with Crippen LogP contribution in [0.2, 0.25) is 0 Å².